The summed E-state index contributed by atoms with van der Waals surface area (Å²) in [7, 11) is 0. The number of carboxylic acid groups (broad SMARTS) is 1. The minimum Gasteiger partial charge on any atom is -0.478 e. The van der Waals surface area contributed by atoms with E-state index in [9.17, 15) is 4.79 Å². The number of carbonyl (C=O) groups is 1. The summed E-state index contributed by atoms with van der Waals surface area (Å²) < 4.78 is 6.15. The molecule has 1 saturated heterocycles. The largest absolute Gasteiger partial charge is 0.478 e. The molecule has 5 nitrogen and oxygen atoms in total. The summed E-state index contributed by atoms with van der Waals surface area (Å²) in [5.74, 6) is -0.915. The van der Waals surface area contributed by atoms with Crippen LogP contribution in [0.25, 0.3) is 0 Å². The Bertz CT molecular complexity index is 448. The molecule has 1 aromatic rings. The van der Waals surface area contributed by atoms with E-state index in [4.69, 9.17) is 9.84 Å². The summed E-state index contributed by atoms with van der Waals surface area (Å²) >= 11 is 3.35. The van der Waals surface area contributed by atoms with E-state index in [-0.39, 0.29) is 0 Å². The van der Waals surface area contributed by atoms with Crippen LogP contribution in [0, 0.1) is 0 Å². The Morgan fingerprint density at radius 3 is 2.84 bits per heavy atom. The van der Waals surface area contributed by atoms with E-state index in [0.29, 0.717) is 11.3 Å². The van der Waals surface area contributed by atoms with Gasteiger partial charge in [-0.2, -0.15) is 0 Å². The number of hydrogen-bond acceptors (Lipinski definition) is 4. The van der Waals surface area contributed by atoms with E-state index in [0.717, 1.165) is 43.9 Å². The Kier molecular flexibility index (Phi) is 5.18. The van der Waals surface area contributed by atoms with Crippen LogP contribution in [0.4, 0.5) is 5.69 Å². The molecule has 0 saturated carbocycles. The average molecular weight is 329 g/mol. The minimum absolute atomic E-state index is 0.296. The lowest BCUT2D eigenvalue weighted by Crippen LogP contribution is -2.39. The van der Waals surface area contributed by atoms with Gasteiger partial charge in [-0.25, -0.2) is 4.79 Å². The molecule has 1 aliphatic heterocycles. The maximum atomic E-state index is 11.1. The Balaban J connectivity index is 1.91. The smallest absolute Gasteiger partial charge is 0.337 e. The van der Waals surface area contributed by atoms with Crippen molar-refractivity contribution in [3.8, 4) is 0 Å². The standard InChI is InChI=1S/C13H17BrN2O3/c14-10-1-2-11(13(17)18)12(9-10)15-3-4-16-5-7-19-8-6-16/h1-2,9,15H,3-8H2,(H,17,18). The second-order valence-corrected chi connectivity index (χ2v) is 5.29. The van der Waals surface area contributed by atoms with E-state index < -0.39 is 5.97 Å². The molecule has 0 amide bonds. The third-order valence-corrected chi connectivity index (χ3v) is 3.55. The van der Waals surface area contributed by atoms with Crippen molar-refractivity contribution in [3.63, 3.8) is 0 Å². The predicted molar refractivity (Wildman–Crippen MR) is 76.9 cm³/mol. The number of morpholine rings is 1. The van der Waals surface area contributed by atoms with Gasteiger partial charge in [-0.1, -0.05) is 15.9 Å². The highest BCUT2D eigenvalue weighted by Crippen LogP contribution is 2.21. The Labute approximate surface area is 120 Å². The molecule has 2 N–H and O–H groups in total. The molecule has 0 atom stereocenters. The van der Waals surface area contributed by atoms with Crippen LogP contribution in [0.15, 0.2) is 22.7 Å². The van der Waals surface area contributed by atoms with Crippen LogP contribution in [0.1, 0.15) is 10.4 Å². The topological polar surface area (TPSA) is 61.8 Å². The van der Waals surface area contributed by atoms with Gasteiger partial charge in [0.05, 0.1) is 18.8 Å². The van der Waals surface area contributed by atoms with Gasteiger partial charge in [0.1, 0.15) is 0 Å². The van der Waals surface area contributed by atoms with E-state index in [1.54, 1.807) is 18.2 Å². The second-order valence-electron chi connectivity index (χ2n) is 4.38. The van der Waals surface area contributed by atoms with Crippen molar-refractivity contribution in [2.45, 2.75) is 0 Å². The normalized spacial score (nSPS) is 16.3. The number of rotatable bonds is 5. The minimum atomic E-state index is -0.915. The molecule has 0 unspecified atom stereocenters. The van der Waals surface area contributed by atoms with Gasteiger partial charge in [0.25, 0.3) is 0 Å². The fourth-order valence-electron chi connectivity index (χ4n) is 2.02. The molecule has 104 valence electrons. The van der Waals surface area contributed by atoms with Gasteiger partial charge in [0.2, 0.25) is 0 Å². The Hall–Kier alpha value is -1.11. The number of hydrogen-bond donors (Lipinski definition) is 2. The van der Waals surface area contributed by atoms with Gasteiger partial charge in [0.15, 0.2) is 0 Å². The average Bonchev–Trinajstić information content (AvgIpc) is 2.39. The first-order valence-electron chi connectivity index (χ1n) is 6.23. The fourth-order valence-corrected chi connectivity index (χ4v) is 2.38. The number of nitrogens with one attached hydrogen (secondary N) is 1. The molecule has 1 fully saturated rings. The van der Waals surface area contributed by atoms with Crippen LogP contribution in [0.2, 0.25) is 0 Å². The monoisotopic (exact) mass is 328 g/mol. The summed E-state index contributed by atoms with van der Waals surface area (Å²) in [4.78, 5) is 13.4. The third kappa shape index (κ3) is 4.19. The molecule has 1 heterocycles. The van der Waals surface area contributed by atoms with Crippen LogP contribution >= 0.6 is 15.9 Å². The molecule has 1 aromatic carbocycles. The zero-order valence-corrected chi connectivity index (χ0v) is 12.1. The lowest BCUT2D eigenvalue weighted by Gasteiger charge is -2.26. The van der Waals surface area contributed by atoms with Gasteiger partial charge < -0.3 is 15.2 Å². The molecular weight excluding hydrogens is 312 g/mol. The van der Waals surface area contributed by atoms with Gasteiger partial charge in [-0.3, -0.25) is 4.90 Å². The van der Waals surface area contributed by atoms with Crippen molar-refractivity contribution in [3.05, 3.63) is 28.2 Å². The fraction of sp³-hybridized carbons (Fsp3) is 0.462. The van der Waals surface area contributed by atoms with Gasteiger partial charge >= 0.3 is 5.97 Å². The van der Waals surface area contributed by atoms with Crippen molar-refractivity contribution in [1.82, 2.24) is 4.90 Å². The van der Waals surface area contributed by atoms with Crippen LogP contribution in [-0.4, -0.2) is 55.4 Å². The van der Waals surface area contributed by atoms with Gasteiger partial charge in [0, 0.05) is 36.3 Å². The maximum Gasteiger partial charge on any atom is 0.337 e. The molecule has 0 aromatic heterocycles. The molecule has 2 rings (SSSR count). The first kappa shape index (κ1) is 14.3. The number of benzene rings is 1. The van der Waals surface area contributed by atoms with Crippen LogP contribution in [-0.2, 0) is 4.74 Å². The second kappa shape index (κ2) is 6.88. The number of halogens is 1. The molecule has 0 radical (unpaired) electrons. The van der Waals surface area contributed by atoms with Crippen molar-refractivity contribution in [2.75, 3.05) is 44.7 Å². The van der Waals surface area contributed by atoms with Crippen LogP contribution < -0.4 is 5.32 Å². The molecule has 0 spiro atoms. The van der Waals surface area contributed by atoms with Crippen molar-refractivity contribution < 1.29 is 14.6 Å². The summed E-state index contributed by atoms with van der Waals surface area (Å²) in [6.07, 6.45) is 0. The van der Waals surface area contributed by atoms with Crippen molar-refractivity contribution in [1.29, 1.82) is 0 Å². The molecule has 1 aliphatic rings. The van der Waals surface area contributed by atoms with E-state index >= 15 is 0 Å². The van der Waals surface area contributed by atoms with E-state index in [1.807, 2.05) is 0 Å². The van der Waals surface area contributed by atoms with Crippen LogP contribution in [0.3, 0.4) is 0 Å². The van der Waals surface area contributed by atoms with Crippen molar-refractivity contribution in [2.24, 2.45) is 0 Å². The molecular formula is C13H17BrN2O3. The van der Waals surface area contributed by atoms with Crippen molar-refractivity contribution >= 4 is 27.6 Å². The molecule has 0 aliphatic carbocycles. The number of ether oxygens (including phenoxy) is 1. The summed E-state index contributed by atoms with van der Waals surface area (Å²) in [6, 6.07) is 5.13. The molecule has 19 heavy (non-hydrogen) atoms. The lowest BCUT2D eigenvalue weighted by molar-refractivity contribution is 0.0398. The third-order valence-electron chi connectivity index (χ3n) is 3.06. The summed E-state index contributed by atoms with van der Waals surface area (Å²) in [6.45, 7) is 5.03. The zero-order valence-electron chi connectivity index (χ0n) is 10.6. The highest BCUT2D eigenvalue weighted by Gasteiger charge is 2.12. The van der Waals surface area contributed by atoms with E-state index in [2.05, 4.69) is 26.1 Å². The highest BCUT2D eigenvalue weighted by molar-refractivity contribution is 9.10. The molecule has 0 bridgehead atoms. The number of aromatic carboxylic acids is 1. The van der Waals surface area contributed by atoms with Gasteiger partial charge in [-0.05, 0) is 18.2 Å². The first-order valence-corrected chi connectivity index (χ1v) is 7.03. The number of nitrogens with zero attached hydrogens (tertiary/aromatic N) is 1. The summed E-state index contributed by atoms with van der Waals surface area (Å²) in [5, 5.41) is 12.3. The number of anilines is 1. The van der Waals surface area contributed by atoms with E-state index in [1.165, 1.54) is 0 Å². The summed E-state index contributed by atoms with van der Waals surface area (Å²) in [5.41, 5.74) is 0.945. The quantitative estimate of drug-likeness (QED) is 0.864. The van der Waals surface area contributed by atoms with Gasteiger partial charge in [-0.15, -0.1) is 0 Å². The zero-order chi connectivity index (χ0) is 13.7. The maximum absolute atomic E-state index is 11.1. The van der Waals surface area contributed by atoms with Crippen LogP contribution in [0.5, 0.6) is 0 Å². The highest BCUT2D eigenvalue weighted by atomic mass is 79.9. The molecule has 6 heteroatoms. The first-order chi connectivity index (χ1) is 9.16. The Morgan fingerprint density at radius 1 is 1.42 bits per heavy atom. The lowest BCUT2D eigenvalue weighted by atomic mass is 10.2. The predicted octanol–water partition coefficient (Wildman–Crippen LogP) is 1.89. The SMILES string of the molecule is O=C(O)c1ccc(Br)cc1NCCN1CCOCC1. The number of carboxylic acids is 1. The Morgan fingerprint density at radius 2 is 2.16 bits per heavy atom.